The SMILES string of the molecule is COC(=O)N[C@H](C(=O)N1CCC[C@H]1c1ncc(C23CCC(c4cccc(-c5cnc([C@@H]6CCCN6C(=O)[C@H](NC(=O)OC)C(C)C)[nH]5)c4)(CC2)CC3)[nH]1)C(C)C. The number of rotatable bonds is 11. The van der Waals surface area contributed by atoms with Crippen LogP contribution in [0.3, 0.4) is 0 Å². The van der Waals surface area contributed by atoms with Gasteiger partial charge in [0, 0.05) is 30.4 Å². The summed E-state index contributed by atoms with van der Waals surface area (Å²) in [5.41, 5.74) is 4.68. The van der Waals surface area contributed by atoms with Gasteiger partial charge < -0.3 is 39.9 Å². The minimum atomic E-state index is -0.678. The maximum absolute atomic E-state index is 13.7. The highest BCUT2D eigenvalue weighted by molar-refractivity contribution is 5.87. The fraction of sp³-hybridized carbons (Fsp3) is 0.619. The highest BCUT2D eigenvalue weighted by Crippen LogP contribution is 2.58. The van der Waals surface area contributed by atoms with Gasteiger partial charge in [0.1, 0.15) is 23.7 Å². The number of H-pyrrole nitrogens is 2. The van der Waals surface area contributed by atoms with Gasteiger partial charge in [0.2, 0.25) is 11.8 Å². The molecule has 0 spiro atoms. The first-order valence-electron chi connectivity index (χ1n) is 20.4. The number of aromatic amines is 2. The number of alkyl carbamates (subject to hydrolysis) is 2. The van der Waals surface area contributed by atoms with Crippen LogP contribution in [0.25, 0.3) is 11.3 Å². The summed E-state index contributed by atoms with van der Waals surface area (Å²) >= 11 is 0. The number of carbonyl (C=O) groups excluding carboxylic acids is 4. The molecule has 2 bridgehead atoms. The maximum Gasteiger partial charge on any atom is 0.407 e. The van der Waals surface area contributed by atoms with Crippen LogP contribution in [0.2, 0.25) is 0 Å². The fourth-order valence-corrected chi connectivity index (χ4v) is 9.85. The number of hydrogen-bond donors (Lipinski definition) is 4. The molecule has 2 aliphatic heterocycles. The van der Waals surface area contributed by atoms with Crippen molar-refractivity contribution in [2.75, 3.05) is 27.3 Å². The number of likely N-dealkylation sites (tertiary alicyclic amines) is 2. The lowest BCUT2D eigenvalue weighted by molar-refractivity contribution is -0.136. The molecule has 2 saturated heterocycles. The molecule has 4 atom stereocenters. The summed E-state index contributed by atoms with van der Waals surface area (Å²) in [4.78, 5) is 72.1. The predicted molar refractivity (Wildman–Crippen MR) is 209 cm³/mol. The van der Waals surface area contributed by atoms with Gasteiger partial charge in [-0.2, -0.15) is 0 Å². The molecule has 4 N–H and O–H groups in total. The van der Waals surface area contributed by atoms with Crippen LogP contribution in [-0.4, -0.2) is 93.1 Å². The Bertz CT molecular complexity index is 1890. The second kappa shape index (κ2) is 15.9. The zero-order valence-electron chi connectivity index (χ0n) is 33.7. The van der Waals surface area contributed by atoms with Gasteiger partial charge >= 0.3 is 12.2 Å². The van der Waals surface area contributed by atoms with Crippen LogP contribution in [0.1, 0.15) is 127 Å². The number of imidazole rings is 2. The van der Waals surface area contributed by atoms with Crippen LogP contribution in [0, 0.1) is 11.8 Å². The monoisotopic (exact) mass is 770 g/mol. The Hall–Kier alpha value is -4.88. The lowest BCUT2D eigenvalue weighted by Gasteiger charge is -2.53. The first-order chi connectivity index (χ1) is 26.9. The number of carbonyl (C=O) groups is 4. The van der Waals surface area contributed by atoms with Gasteiger partial charge in [-0.3, -0.25) is 9.59 Å². The van der Waals surface area contributed by atoms with Gasteiger partial charge in [-0.15, -0.1) is 0 Å². The highest BCUT2D eigenvalue weighted by atomic mass is 16.5. The molecule has 56 heavy (non-hydrogen) atoms. The molecule has 5 fully saturated rings. The lowest BCUT2D eigenvalue weighted by atomic mass is 9.51. The van der Waals surface area contributed by atoms with E-state index in [2.05, 4.69) is 44.9 Å². The van der Waals surface area contributed by atoms with E-state index in [0.29, 0.717) is 13.1 Å². The molecular formula is C42H58N8O6. The summed E-state index contributed by atoms with van der Waals surface area (Å²) in [6.45, 7) is 8.93. The van der Waals surface area contributed by atoms with E-state index in [9.17, 15) is 19.2 Å². The second-order valence-corrected chi connectivity index (χ2v) is 17.1. The zero-order valence-corrected chi connectivity index (χ0v) is 33.7. The van der Waals surface area contributed by atoms with Crippen LogP contribution in [0.15, 0.2) is 36.7 Å². The molecule has 1 aromatic carbocycles. The number of nitrogens with one attached hydrogen (secondary N) is 4. The van der Waals surface area contributed by atoms with E-state index >= 15 is 0 Å². The molecule has 8 rings (SSSR count). The van der Waals surface area contributed by atoms with Crippen LogP contribution < -0.4 is 10.6 Å². The normalized spacial score (nSPS) is 25.7. The predicted octanol–water partition coefficient (Wildman–Crippen LogP) is 6.43. The van der Waals surface area contributed by atoms with Gasteiger partial charge in [0.25, 0.3) is 0 Å². The quantitative estimate of drug-likeness (QED) is 0.173. The first-order valence-corrected chi connectivity index (χ1v) is 20.4. The molecule has 0 unspecified atom stereocenters. The Balaban J connectivity index is 1.02. The summed E-state index contributed by atoms with van der Waals surface area (Å²) in [5.74, 6) is 1.19. The van der Waals surface area contributed by atoms with Crippen molar-refractivity contribution in [3.05, 3.63) is 59.6 Å². The summed E-state index contributed by atoms with van der Waals surface area (Å²) in [5, 5.41) is 5.46. The number of hydrogen-bond acceptors (Lipinski definition) is 8. The Morgan fingerprint density at radius 3 is 1.75 bits per heavy atom. The number of amides is 4. The van der Waals surface area contributed by atoms with Crippen LogP contribution in [0.5, 0.6) is 0 Å². The highest BCUT2D eigenvalue weighted by Gasteiger charge is 2.51. The summed E-state index contributed by atoms with van der Waals surface area (Å²) in [6.07, 6.45) is 12.5. The van der Waals surface area contributed by atoms with Crippen LogP contribution in [-0.2, 0) is 29.9 Å². The van der Waals surface area contributed by atoms with Gasteiger partial charge in [0.05, 0.1) is 38.2 Å². The molecule has 5 aliphatic rings. The third-order valence-electron chi connectivity index (χ3n) is 13.3. The fourth-order valence-electron chi connectivity index (χ4n) is 9.85. The van der Waals surface area contributed by atoms with E-state index < -0.39 is 24.3 Å². The van der Waals surface area contributed by atoms with Crippen molar-refractivity contribution in [1.82, 2.24) is 40.4 Å². The standard InChI is InChI=1S/C42H58N8O6/c1-25(2)33(47-39(53)55-5)37(51)49-20-8-12-30(49)35-43-23-29(45-35)27-10-7-11-28(22-27)41-14-17-42(18-15-41,19-16-41)32-24-44-36(46-32)31-13-9-21-50(31)38(52)34(26(3)4)48-40(54)56-6/h7,10-11,22-26,30-31,33-34H,8-9,12-21H2,1-6H3,(H,43,45)(H,44,46)(H,47,53)(H,48,54)/t30-,31-,33+,34-,41?,42?/m0/s1. The lowest BCUT2D eigenvalue weighted by Crippen LogP contribution is -2.51. The second-order valence-electron chi connectivity index (χ2n) is 17.1. The topological polar surface area (TPSA) is 175 Å². The Labute approximate surface area is 329 Å². The first kappa shape index (κ1) is 39.4. The third-order valence-corrected chi connectivity index (χ3v) is 13.3. The van der Waals surface area contributed by atoms with Crippen molar-refractivity contribution in [3.63, 3.8) is 0 Å². The van der Waals surface area contributed by atoms with E-state index in [0.717, 1.165) is 87.1 Å². The molecule has 3 aromatic rings. The molecule has 14 heteroatoms. The maximum atomic E-state index is 13.7. The van der Waals surface area contributed by atoms with E-state index in [1.165, 1.54) is 25.5 Å². The number of benzene rings is 1. The largest absolute Gasteiger partial charge is 0.453 e. The van der Waals surface area contributed by atoms with Crippen molar-refractivity contribution < 1.29 is 28.7 Å². The van der Waals surface area contributed by atoms with Crippen molar-refractivity contribution in [3.8, 4) is 11.3 Å². The van der Waals surface area contributed by atoms with E-state index in [1.54, 1.807) is 0 Å². The smallest absolute Gasteiger partial charge is 0.407 e. The number of methoxy groups -OCH3 is 2. The molecule has 0 radical (unpaired) electrons. The molecule has 3 saturated carbocycles. The molecule has 2 aromatic heterocycles. The molecule has 3 aliphatic carbocycles. The van der Waals surface area contributed by atoms with Crippen LogP contribution in [0.4, 0.5) is 9.59 Å². The summed E-state index contributed by atoms with van der Waals surface area (Å²) < 4.78 is 9.59. The van der Waals surface area contributed by atoms with Gasteiger partial charge in [-0.25, -0.2) is 19.6 Å². The van der Waals surface area contributed by atoms with Crippen molar-refractivity contribution >= 4 is 24.0 Å². The van der Waals surface area contributed by atoms with Crippen molar-refractivity contribution in [2.45, 2.75) is 127 Å². The van der Waals surface area contributed by atoms with Gasteiger partial charge in [-0.05, 0) is 98.7 Å². The Morgan fingerprint density at radius 2 is 1.23 bits per heavy atom. The number of fused-ring (bicyclic) bond motifs is 3. The zero-order chi connectivity index (χ0) is 39.8. The number of nitrogens with zero attached hydrogens (tertiary/aromatic N) is 4. The molecule has 302 valence electrons. The Kier molecular flexibility index (Phi) is 11.2. The van der Waals surface area contributed by atoms with Crippen molar-refractivity contribution in [1.29, 1.82) is 0 Å². The summed E-state index contributed by atoms with van der Waals surface area (Å²) in [6, 6.07) is 7.18. The minimum Gasteiger partial charge on any atom is -0.453 e. The van der Waals surface area contributed by atoms with E-state index in [4.69, 9.17) is 19.4 Å². The molecule has 4 amide bonds. The van der Waals surface area contributed by atoms with Gasteiger partial charge in [-0.1, -0.05) is 45.9 Å². The van der Waals surface area contributed by atoms with Gasteiger partial charge in [0.15, 0.2) is 0 Å². The average Bonchev–Trinajstić information content (AvgIpc) is 4.06. The summed E-state index contributed by atoms with van der Waals surface area (Å²) in [7, 11) is 2.61. The average molecular weight is 771 g/mol. The molecule has 14 nitrogen and oxygen atoms in total. The number of aromatic nitrogens is 4. The Morgan fingerprint density at radius 1 is 0.732 bits per heavy atom. The minimum absolute atomic E-state index is 0.0365. The third kappa shape index (κ3) is 7.38. The van der Waals surface area contributed by atoms with Crippen molar-refractivity contribution in [2.24, 2.45) is 11.8 Å². The molecular weight excluding hydrogens is 713 g/mol. The van der Waals surface area contributed by atoms with E-state index in [1.807, 2.05) is 49.9 Å². The molecule has 4 heterocycles. The number of ether oxygens (including phenoxy) is 2. The van der Waals surface area contributed by atoms with Crippen LogP contribution >= 0.6 is 0 Å². The van der Waals surface area contributed by atoms with E-state index in [-0.39, 0.29) is 46.6 Å².